The van der Waals surface area contributed by atoms with E-state index in [9.17, 15) is 28.0 Å². The SMILES string of the molecule is COCCC[N+](C)(C)CCCc1cc(C#N)ccc1[C@@H]1C(OC)=C(C=C=O)N(c2cccc(C(F)(F)F)c2)c2n[nH]c(=O)n21. The molecule has 2 heterocycles. The summed E-state index contributed by atoms with van der Waals surface area (Å²) in [4.78, 5) is 26.3. The first-order valence-corrected chi connectivity index (χ1v) is 13.9. The van der Waals surface area contributed by atoms with Crippen LogP contribution < -0.4 is 10.6 Å². The molecule has 3 aromatic rings. The van der Waals surface area contributed by atoms with E-state index in [1.807, 2.05) is 0 Å². The molecule has 0 saturated carbocycles. The van der Waals surface area contributed by atoms with Gasteiger partial charge in [-0.2, -0.15) is 18.4 Å². The largest absolute Gasteiger partial charge is 0.496 e. The molecular formula is C31H34F3N6O4+. The van der Waals surface area contributed by atoms with Crippen LogP contribution in [0.4, 0.5) is 24.8 Å². The maximum absolute atomic E-state index is 13.6. The Labute approximate surface area is 252 Å². The number of quaternary nitrogens is 1. The summed E-state index contributed by atoms with van der Waals surface area (Å²) in [6.45, 7) is 2.41. The van der Waals surface area contributed by atoms with E-state index in [1.165, 1.54) is 28.7 Å². The zero-order valence-corrected chi connectivity index (χ0v) is 24.9. The number of alkyl halides is 3. The van der Waals surface area contributed by atoms with E-state index in [1.54, 1.807) is 31.3 Å². The lowest BCUT2D eigenvalue weighted by atomic mass is 9.92. The summed E-state index contributed by atoms with van der Waals surface area (Å²) in [6.07, 6.45) is -1.38. The van der Waals surface area contributed by atoms with E-state index in [-0.39, 0.29) is 23.1 Å². The van der Waals surface area contributed by atoms with Crippen LogP contribution in [0.15, 0.2) is 64.8 Å². The molecule has 13 heteroatoms. The Hall–Kier alpha value is -4.63. The Balaban J connectivity index is 1.85. The van der Waals surface area contributed by atoms with E-state index in [2.05, 4.69) is 30.4 Å². The highest BCUT2D eigenvalue weighted by atomic mass is 19.4. The number of fused-ring (bicyclic) bond motifs is 1. The lowest BCUT2D eigenvalue weighted by Gasteiger charge is -2.36. The molecule has 0 spiro atoms. The minimum absolute atomic E-state index is 0.00287. The summed E-state index contributed by atoms with van der Waals surface area (Å²) in [6, 6.07) is 10.8. The van der Waals surface area contributed by atoms with Gasteiger partial charge in [0, 0.05) is 31.7 Å². The first kappa shape index (κ1) is 32.3. The van der Waals surface area contributed by atoms with Crippen LogP contribution in [0.5, 0.6) is 0 Å². The lowest BCUT2D eigenvalue weighted by Crippen LogP contribution is -2.41. The fourth-order valence-electron chi connectivity index (χ4n) is 5.53. The van der Waals surface area contributed by atoms with E-state index in [0.717, 1.165) is 54.2 Å². The highest BCUT2D eigenvalue weighted by Gasteiger charge is 2.40. The number of hydrogen-bond donors (Lipinski definition) is 1. The van der Waals surface area contributed by atoms with Gasteiger partial charge in [-0.3, -0.25) is 4.90 Å². The van der Waals surface area contributed by atoms with Crippen LogP contribution in [0.1, 0.15) is 41.1 Å². The first-order chi connectivity index (χ1) is 21.0. The number of anilines is 2. The van der Waals surface area contributed by atoms with Crippen LogP contribution in [0.3, 0.4) is 0 Å². The molecule has 10 nitrogen and oxygen atoms in total. The lowest BCUT2D eigenvalue weighted by molar-refractivity contribution is -0.890. The highest BCUT2D eigenvalue weighted by molar-refractivity contribution is 5.72. The number of H-pyrrole nitrogens is 1. The van der Waals surface area contributed by atoms with Gasteiger partial charge in [0.25, 0.3) is 0 Å². The van der Waals surface area contributed by atoms with Crippen molar-refractivity contribution in [3.8, 4) is 6.07 Å². The quantitative estimate of drug-likeness (QED) is 0.182. The Morgan fingerprint density at radius 1 is 1.14 bits per heavy atom. The summed E-state index contributed by atoms with van der Waals surface area (Å²) >= 11 is 0. The van der Waals surface area contributed by atoms with Gasteiger partial charge in [-0.25, -0.2) is 19.3 Å². The molecule has 1 aliphatic rings. The number of aromatic amines is 1. The van der Waals surface area contributed by atoms with E-state index < -0.39 is 23.5 Å². The van der Waals surface area contributed by atoms with Gasteiger partial charge in [-0.15, -0.1) is 5.10 Å². The van der Waals surface area contributed by atoms with E-state index in [0.29, 0.717) is 24.2 Å². The molecule has 0 unspecified atom stereocenters. The molecule has 2 aromatic carbocycles. The number of hydrogen-bond acceptors (Lipinski definition) is 7. The van der Waals surface area contributed by atoms with Crippen molar-refractivity contribution >= 4 is 17.6 Å². The number of nitrogens with one attached hydrogen (secondary N) is 1. The molecule has 1 atom stereocenters. The van der Waals surface area contributed by atoms with Crippen molar-refractivity contribution < 1.29 is 31.9 Å². The second-order valence-electron chi connectivity index (χ2n) is 11.1. The second-order valence-corrected chi connectivity index (χ2v) is 11.1. The van der Waals surface area contributed by atoms with Gasteiger partial charge >= 0.3 is 11.9 Å². The maximum atomic E-state index is 13.6. The van der Waals surface area contributed by atoms with Crippen molar-refractivity contribution in [3.05, 3.63) is 92.7 Å². The summed E-state index contributed by atoms with van der Waals surface area (Å²) in [7, 11) is 7.29. The van der Waals surface area contributed by atoms with Gasteiger partial charge in [0.15, 0.2) is 0 Å². The third kappa shape index (κ3) is 6.78. The number of nitrogens with zero attached hydrogens (tertiary/aromatic N) is 5. The van der Waals surface area contributed by atoms with Crippen molar-refractivity contribution in [3.63, 3.8) is 0 Å². The average Bonchev–Trinajstić information content (AvgIpc) is 3.36. The van der Waals surface area contributed by atoms with Crippen LogP contribution in [-0.2, 0) is 26.9 Å². The molecule has 4 rings (SSSR count). The Morgan fingerprint density at radius 3 is 2.55 bits per heavy atom. The summed E-state index contributed by atoms with van der Waals surface area (Å²) < 4.78 is 53.9. The normalized spacial score (nSPS) is 15.0. The zero-order chi connectivity index (χ0) is 32.1. The molecule has 0 bridgehead atoms. The molecule has 0 saturated heterocycles. The summed E-state index contributed by atoms with van der Waals surface area (Å²) in [5, 5.41) is 16.2. The van der Waals surface area contributed by atoms with Gasteiger partial charge in [0.2, 0.25) is 5.95 Å². The van der Waals surface area contributed by atoms with E-state index >= 15 is 0 Å². The average molecular weight is 612 g/mol. The predicted molar refractivity (Wildman–Crippen MR) is 157 cm³/mol. The topological polar surface area (TPSA) is 113 Å². The molecule has 0 amide bonds. The van der Waals surface area contributed by atoms with Crippen molar-refractivity contribution in [2.75, 3.05) is 52.9 Å². The Morgan fingerprint density at radius 2 is 1.89 bits per heavy atom. The van der Waals surface area contributed by atoms with E-state index in [4.69, 9.17) is 9.47 Å². The summed E-state index contributed by atoms with van der Waals surface area (Å²) in [5.74, 6) is 1.77. The van der Waals surface area contributed by atoms with Gasteiger partial charge in [0.05, 0.1) is 58.1 Å². The smallest absolute Gasteiger partial charge is 0.416 e. The number of aromatic nitrogens is 3. The molecule has 44 heavy (non-hydrogen) atoms. The van der Waals surface area contributed by atoms with Crippen molar-refractivity contribution in [1.29, 1.82) is 5.26 Å². The molecule has 232 valence electrons. The Bertz CT molecular complexity index is 1680. The number of rotatable bonds is 12. The monoisotopic (exact) mass is 611 g/mol. The second kappa shape index (κ2) is 13.3. The number of benzene rings is 2. The van der Waals surface area contributed by atoms with Crippen LogP contribution >= 0.6 is 0 Å². The molecule has 0 aliphatic carbocycles. The van der Waals surface area contributed by atoms with Crippen molar-refractivity contribution in [1.82, 2.24) is 14.8 Å². The molecule has 0 radical (unpaired) electrons. The van der Waals surface area contributed by atoms with Gasteiger partial charge in [-0.1, -0.05) is 12.1 Å². The predicted octanol–water partition coefficient (Wildman–Crippen LogP) is 4.49. The van der Waals surface area contributed by atoms with Gasteiger partial charge in [0.1, 0.15) is 23.4 Å². The van der Waals surface area contributed by atoms with Gasteiger partial charge < -0.3 is 14.0 Å². The standard InChI is InChI=1S/C31H33F3N6O4/c1-40(2,15-7-17-43-3)14-6-8-22-18-21(20-35)11-12-25(22)27-28(44-4)26(13-16-41)38(29-36-37-30(42)39(27)29)24-10-5-9-23(19-24)31(32,33)34/h5,9-13,18-19,27H,6-8,14-15,17H2,1-4H3/p+1/t27-/m1/s1. The highest BCUT2D eigenvalue weighted by Crippen LogP contribution is 2.44. The molecule has 1 aromatic heterocycles. The summed E-state index contributed by atoms with van der Waals surface area (Å²) in [5.41, 5.74) is 0.324. The number of allylic oxidation sites excluding steroid dienone is 2. The fourth-order valence-corrected chi connectivity index (χ4v) is 5.53. The van der Waals surface area contributed by atoms with Crippen LogP contribution in [-0.4, -0.2) is 73.2 Å². The number of methoxy groups -OCH3 is 2. The first-order valence-electron chi connectivity index (χ1n) is 13.9. The van der Waals surface area contributed by atoms with Crippen LogP contribution in [0.2, 0.25) is 0 Å². The van der Waals surface area contributed by atoms with Crippen molar-refractivity contribution in [2.24, 2.45) is 0 Å². The minimum Gasteiger partial charge on any atom is -0.496 e. The molecule has 1 aliphatic heterocycles. The third-order valence-corrected chi connectivity index (χ3v) is 7.62. The molecular weight excluding hydrogens is 577 g/mol. The maximum Gasteiger partial charge on any atom is 0.416 e. The van der Waals surface area contributed by atoms with Gasteiger partial charge in [-0.05, 0) is 47.9 Å². The number of ether oxygens (including phenoxy) is 2. The minimum atomic E-state index is -4.64. The number of carbonyl (C=O) groups excluding carboxylic acids is 1. The zero-order valence-electron chi connectivity index (χ0n) is 24.9. The molecule has 0 fully saturated rings. The Kier molecular flexibility index (Phi) is 9.79. The van der Waals surface area contributed by atoms with Crippen LogP contribution in [0, 0.1) is 11.3 Å². The number of nitriles is 1. The third-order valence-electron chi connectivity index (χ3n) is 7.62. The van der Waals surface area contributed by atoms with Crippen molar-refractivity contribution in [2.45, 2.75) is 31.5 Å². The van der Waals surface area contributed by atoms with Crippen LogP contribution in [0.25, 0.3) is 0 Å². The number of aryl methyl sites for hydroxylation is 1. The fraction of sp³-hybridized carbons (Fsp3) is 0.387. The molecule has 1 N–H and O–H groups in total. The number of halogens is 3.